The van der Waals surface area contributed by atoms with Crippen LogP contribution in [0.15, 0.2) is 35.6 Å². The third kappa shape index (κ3) is 3.96. The Kier molecular flexibility index (Phi) is 4.57. The van der Waals surface area contributed by atoms with Crippen molar-refractivity contribution in [3.63, 3.8) is 0 Å². The van der Waals surface area contributed by atoms with Gasteiger partial charge in [0.25, 0.3) is 0 Å². The average molecular weight is 288 g/mol. The normalized spacial score (nSPS) is 10.3. The van der Waals surface area contributed by atoms with Crippen LogP contribution in [0, 0.1) is 13.8 Å². The second-order valence-corrected chi connectivity index (χ2v) is 5.33. The third-order valence-electron chi connectivity index (χ3n) is 2.67. The third-order valence-corrected chi connectivity index (χ3v) is 3.53. The van der Waals surface area contributed by atoms with E-state index in [4.69, 9.17) is 5.73 Å². The van der Waals surface area contributed by atoms with Gasteiger partial charge in [0.2, 0.25) is 5.91 Å². The average Bonchev–Trinajstić information content (AvgIpc) is 2.41. The first-order valence-electron chi connectivity index (χ1n) is 6.13. The van der Waals surface area contributed by atoms with E-state index in [0.717, 1.165) is 11.3 Å². The predicted octanol–water partition coefficient (Wildman–Crippen LogP) is 2.41. The molecule has 0 aliphatic carbocycles. The largest absolute Gasteiger partial charge is 0.398 e. The molecule has 1 amide bonds. The molecule has 0 spiro atoms. The van der Waals surface area contributed by atoms with E-state index in [1.54, 1.807) is 12.3 Å². The highest BCUT2D eigenvalue weighted by atomic mass is 32.2. The number of anilines is 2. The Bertz CT molecular complexity index is 630. The summed E-state index contributed by atoms with van der Waals surface area (Å²) in [5.41, 5.74) is 9.04. The molecule has 0 aliphatic heterocycles. The molecule has 1 heterocycles. The van der Waals surface area contributed by atoms with Crippen LogP contribution in [0.25, 0.3) is 0 Å². The minimum atomic E-state index is -0.108. The number of benzene rings is 1. The summed E-state index contributed by atoms with van der Waals surface area (Å²) in [4.78, 5) is 20.2. The van der Waals surface area contributed by atoms with Gasteiger partial charge in [0, 0.05) is 23.3 Å². The van der Waals surface area contributed by atoms with E-state index < -0.39 is 0 Å². The lowest BCUT2D eigenvalue weighted by Gasteiger charge is -2.07. The molecule has 0 aliphatic rings. The molecule has 0 atom stereocenters. The number of rotatable bonds is 4. The van der Waals surface area contributed by atoms with Crippen molar-refractivity contribution >= 4 is 29.0 Å². The van der Waals surface area contributed by atoms with Crippen molar-refractivity contribution in [2.24, 2.45) is 0 Å². The number of nitrogens with two attached hydrogens (primary N) is 1. The molecule has 1 aromatic heterocycles. The van der Waals surface area contributed by atoms with Gasteiger partial charge in [-0.2, -0.15) is 0 Å². The molecule has 0 bridgehead atoms. The first-order valence-corrected chi connectivity index (χ1v) is 7.11. The molecule has 0 radical (unpaired) electrons. The summed E-state index contributed by atoms with van der Waals surface area (Å²) in [5.74, 6) is 0.153. The summed E-state index contributed by atoms with van der Waals surface area (Å²) in [6.07, 6.45) is 1.68. The zero-order chi connectivity index (χ0) is 14.5. The molecule has 6 heteroatoms. The van der Waals surface area contributed by atoms with E-state index >= 15 is 0 Å². The Balaban J connectivity index is 1.91. The van der Waals surface area contributed by atoms with E-state index in [9.17, 15) is 4.79 Å². The van der Waals surface area contributed by atoms with Crippen LogP contribution in [0.1, 0.15) is 11.3 Å². The summed E-state index contributed by atoms with van der Waals surface area (Å²) in [6, 6.07) is 7.28. The Morgan fingerprint density at radius 1 is 1.35 bits per heavy atom. The lowest BCUT2D eigenvalue weighted by Crippen LogP contribution is -2.14. The summed E-state index contributed by atoms with van der Waals surface area (Å²) >= 11 is 1.30. The molecule has 0 saturated carbocycles. The quantitative estimate of drug-likeness (QED) is 0.513. The van der Waals surface area contributed by atoms with Gasteiger partial charge >= 0.3 is 0 Å². The number of amides is 1. The van der Waals surface area contributed by atoms with Crippen LogP contribution in [0.4, 0.5) is 11.4 Å². The van der Waals surface area contributed by atoms with Gasteiger partial charge in [-0.15, -0.1) is 0 Å². The molecule has 2 aromatic rings. The van der Waals surface area contributed by atoms with Gasteiger partial charge in [-0.3, -0.25) is 4.79 Å². The maximum absolute atomic E-state index is 11.8. The number of aromatic nitrogens is 2. The number of nitrogens with zero attached hydrogens (tertiary/aromatic N) is 2. The summed E-state index contributed by atoms with van der Waals surface area (Å²) < 4.78 is 0. The van der Waals surface area contributed by atoms with Crippen LogP contribution in [0.2, 0.25) is 0 Å². The second-order valence-electron chi connectivity index (χ2n) is 4.39. The van der Waals surface area contributed by atoms with E-state index in [-0.39, 0.29) is 11.7 Å². The second kappa shape index (κ2) is 6.38. The fraction of sp³-hybridized carbons (Fsp3) is 0.214. The number of thioether (sulfide) groups is 1. The molecule has 0 saturated heterocycles. The SMILES string of the molecule is Cc1ccnc(SCC(=O)Nc2ccc(C)c(N)c2)n1. The molecule has 104 valence electrons. The molecule has 5 nitrogen and oxygen atoms in total. The van der Waals surface area contributed by atoms with E-state index in [1.165, 1.54) is 11.8 Å². The van der Waals surface area contributed by atoms with Gasteiger partial charge in [0.1, 0.15) is 0 Å². The standard InChI is InChI=1S/C14H16N4OS/c1-9-3-4-11(7-12(9)15)18-13(19)8-20-14-16-6-5-10(2)17-14/h3-7H,8,15H2,1-2H3,(H,18,19). The molecule has 20 heavy (non-hydrogen) atoms. The van der Waals surface area contributed by atoms with Crippen LogP contribution < -0.4 is 11.1 Å². The Morgan fingerprint density at radius 3 is 2.85 bits per heavy atom. The van der Waals surface area contributed by atoms with Gasteiger partial charge in [0.05, 0.1) is 5.75 Å². The first kappa shape index (κ1) is 14.3. The van der Waals surface area contributed by atoms with Crippen molar-refractivity contribution in [3.8, 4) is 0 Å². The summed E-state index contributed by atoms with van der Waals surface area (Å²) in [5, 5.41) is 3.40. The van der Waals surface area contributed by atoms with Gasteiger partial charge < -0.3 is 11.1 Å². The van der Waals surface area contributed by atoms with Crippen LogP contribution in [-0.2, 0) is 4.79 Å². The lowest BCUT2D eigenvalue weighted by atomic mass is 10.2. The zero-order valence-corrected chi connectivity index (χ0v) is 12.2. The minimum absolute atomic E-state index is 0.108. The van der Waals surface area contributed by atoms with Crippen LogP contribution >= 0.6 is 11.8 Å². The monoisotopic (exact) mass is 288 g/mol. The highest BCUT2D eigenvalue weighted by Crippen LogP contribution is 2.18. The fourth-order valence-electron chi connectivity index (χ4n) is 1.54. The highest BCUT2D eigenvalue weighted by molar-refractivity contribution is 7.99. The van der Waals surface area contributed by atoms with Crippen LogP contribution in [-0.4, -0.2) is 21.6 Å². The summed E-state index contributed by atoms with van der Waals surface area (Å²) in [6.45, 7) is 3.81. The number of aryl methyl sites for hydroxylation is 2. The number of carbonyl (C=O) groups is 1. The molecule has 0 fully saturated rings. The Morgan fingerprint density at radius 2 is 2.15 bits per heavy atom. The van der Waals surface area contributed by atoms with Gasteiger partial charge in [0.15, 0.2) is 5.16 Å². The molecule has 1 aromatic carbocycles. The number of nitrogens with one attached hydrogen (secondary N) is 1. The van der Waals surface area contributed by atoms with Gasteiger partial charge in [-0.25, -0.2) is 9.97 Å². The van der Waals surface area contributed by atoms with Crippen molar-refractivity contribution in [1.29, 1.82) is 0 Å². The minimum Gasteiger partial charge on any atom is -0.398 e. The van der Waals surface area contributed by atoms with Crippen molar-refractivity contribution in [3.05, 3.63) is 41.7 Å². The molecular formula is C14H16N4OS. The highest BCUT2D eigenvalue weighted by Gasteiger charge is 2.06. The topological polar surface area (TPSA) is 80.9 Å². The predicted molar refractivity (Wildman–Crippen MR) is 81.7 cm³/mol. The number of hydrogen-bond acceptors (Lipinski definition) is 5. The maximum atomic E-state index is 11.8. The van der Waals surface area contributed by atoms with Crippen molar-refractivity contribution < 1.29 is 4.79 Å². The number of nitrogen functional groups attached to an aromatic ring is 1. The molecule has 0 unspecified atom stereocenters. The van der Waals surface area contributed by atoms with Crippen molar-refractivity contribution in [1.82, 2.24) is 9.97 Å². The lowest BCUT2D eigenvalue weighted by molar-refractivity contribution is -0.113. The van der Waals surface area contributed by atoms with Gasteiger partial charge in [-0.05, 0) is 37.6 Å². The van der Waals surface area contributed by atoms with E-state index in [1.807, 2.05) is 32.0 Å². The fourth-order valence-corrected chi connectivity index (χ4v) is 2.22. The Hall–Kier alpha value is -2.08. The molecular weight excluding hydrogens is 272 g/mol. The number of carbonyl (C=O) groups excluding carboxylic acids is 1. The van der Waals surface area contributed by atoms with E-state index in [0.29, 0.717) is 16.5 Å². The smallest absolute Gasteiger partial charge is 0.234 e. The maximum Gasteiger partial charge on any atom is 0.234 e. The van der Waals surface area contributed by atoms with Crippen molar-refractivity contribution in [2.75, 3.05) is 16.8 Å². The zero-order valence-electron chi connectivity index (χ0n) is 11.4. The molecule has 2 rings (SSSR count). The van der Waals surface area contributed by atoms with Crippen LogP contribution in [0.5, 0.6) is 0 Å². The van der Waals surface area contributed by atoms with Crippen LogP contribution in [0.3, 0.4) is 0 Å². The van der Waals surface area contributed by atoms with Crippen molar-refractivity contribution in [2.45, 2.75) is 19.0 Å². The first-order chi connectivity index (χ1) is 9.54. The van der Waals surface area contributed by atoms with E-state index in [2.05, 4.69) is 15.3 Å². The Labute approximate surface area is 122 Å². The molecule has 3 N–H and O–H groups in total. The summed E-state index contributed by atoms with van der Waals surface area (Å²) in [7, 11) is 0. The van der Waals surface area contributed by atoms with Gasteiger partial charge in [-0.1, -0.05) is 17.8 Å². The number of hydrogen-bond donors (Lipinski definition) is 2.